The second kappa shape index (κ2) is 7.21. The highest BCUT2D eigenvalue weighted by Gasteiger charge is 2.23. The number of anilines is 2. The quantitative estimate of drug-likeness (QED) is 0.502. The molecule has 1 saturated heterocycles. The first-order valence-corrected chi connectivity index (χ1v) is 10.2. The molecule has 0 bridgehead atoms. The maximum absolute atomic E-state index is 6.53. The largest absolute Gasteiger partial charge is 0.383 e. The molecule has 3 heterocycles. The molecule has 0 radical (unpaired) electrons. The number of para-hydroxylation sites is 1. The van der Waals surface area contributed by atoms with Gasteiger partial charge < -0.3 is 10.6 Å². The molecule has 0 unspecified atom stereocenters. The molecule has 0 aliphatic carbocycles. The van der Waals surface area contributed by atoms with Gasteiger partial charge in [0.1, 0.15) is 5.82 Å². The minimum absolute atomic E-state index is 0.441. The van der Waals surface area contributed by atoms with Gasteiger partial charge in [0.15, 0.2) is 5.65 Å². The Morgan fingerprint density at radius 1 is 0.931 bits per heavy atom. The molecule has 1 fully saturated rings. The van der Waals surface area contributed by atoms with Crippen LogP contribution < -0.4 is 10.6 Å². The third-order valence-corrected chi connectivity index (χ3v) is 5.68. The first-order valence-electron chi connectivity index (χ1n) is 9.44. The number of hydrogen-bond acceptors (Lipinski definition) is 5. The van der Waals surface area contributed by atoms with E-state index in [0.717, 1.165) is 37.2 Å². The van der Waals surface area contributed by atoms with Crippen LogP contribution in [0.15, 0.2) is 48.5 Å². The second-order valence-electron chi connectivity index (χ2n) is 7.02. The number of nitrogens with two attached hydrogens (primary N) is 1. The summed E-state index contributed by atoms with van der Waals surface area (Å²) in [6.45, 7) is 1.86. The summed E-state index contributed by atoms with van der Waals surface area (Å²) in [4.78, 5) is 11.8. The molecule has 1 aliphatic heterocycles. The lowest BCUT2D eigenvalue weighted by molar-refractivity contribution is 0.883. The first kappa shape index (κ1) is 18.2. The van der Waals surface area contributed by atoms with Gasteiger partial charge in [-0.05, 0) is 37.1 Å². The third kappa shape index (κ3) is 3.18. The van der Waals surface area contributed by atoms with E-state index in [1.54, 1.807) is 4.68 Å². The third-order valence-electron chi connectivity index (χ3n) is 5.12. The van der Waals surface area contributed by atoms with Crippen molar-refractivity contribution in [2.24, 2.45) is 0 Å². The molecule has 0 saturated carbocycles. The molecular formula is C21H18Cl2N6. The van der Waals surface area contributed by atoms with Gasteiger partial charge in [-0.15, -0.1) is 5.10 Å². The molecule has 4 aromatic rings. The average molecular weight is 425 g/mol. The molecule has 5 rings (SSSR count). The standard InChI is InChI=1S/C21H18Cl2N6/c22-14-7-5-6-13(12-14)18-17-19(24)29(16-9-2-1-8-15(16)23)27-20(17)26-21(25-18)28-10-3-4-11-28/h1-2,5-9,12H,3-4,10-11,24H2. The predicted molar refractivity (Wildman–Crippen MR) is 118 cm³/mol. The summed E-state index contributed by atoms with van der Waals surface area (Å²) in [6.07, 6.45) is 2.26. The summed E-state index contributed by atoms with van der Waals surface area (Å²) in [5.74, 6) is 1.10. The fraction of sp³-hybridized carbons (Fsp3) is 0.190. The van der Waals surface area contributed by atoms with Crippen molar-refractivity contribution in [2.45, 2.75) is 12.8 Å². The van der Waals surface area contributed by atoms with Crippen molar-refractivity contribution >= 4 is 46.0 Å². The van der Waals surface area contributed by atoms with Gasteiger partial charge in [0.05, 0.1) is 21.8 Å². The number of benzene rings is 2. The van der Waals surface area contributed by atoms with E-state index in [1.165, 1.54) is 0 Å². The van der Waals surface area contributed by atoms with Crippen LogP contribution in [0.5, 0.6) is 0 Å². The molecule has 2 aromatic heterocycles. The molecule has 146 valence electrons. The number of nitrogen functional groups attached to an aromatic ring is 1. The zero-order valence-electron chi connectivity index (χ0n) is 15.5. The van der Waals surface area contributed by atoms with E-state index >= 15 is 0 Å². The highest BCUT2D eigenvalue weighted by molar-refractivity contribution is 6.32. The van der Waals surface area contributed by atoms with E-state index in [-0.39, 0.29) is 0 Å². The first-order chi connectivity index (χ1) is 14.1. The highest BCUT2D eigenvalue weighted by atomic mass is 35.5. The zero-order valence-corrected chi connectivity index (χ0v) is 17.0. The van der Waals surface area contributed by atoms with E-state index in [0.29, 0.717) is 38.5 Å². The Hall–Kier alpha value is -2.83. The van der Waals surface area contributed by atoms with Crippen molar-refractivity contribution in [1.29, 1.82) is 0 Å². The molecule has 6 nitrogen and oxygen atoms in total. The molecule has 0 atom stereocenters. The van der Waals surface area contributed by atoms with Gasteiger partial charge in [0.25, 0.3) is 0 Å². The summed E-state index contributed by atoms with van der Waals surface area (Å²) in [5.41, 5.74) is 9.36. The smallest absolute Gasteiger partial charge is 0.228 e. The minimum atomic E-state index is 0.441. The van der Waals surface area contributed by atoms with E-state index < -0.39 is 0 Å². The lowest BCUT2D eigenvalue weighted by Gasteiger charge is -2.16. The maximum Gasteiger partial charge on any atom is 0.228 e. The predicted octanol–water partition coefficient (Wildman–Crippen LogP) is 4.97. The Labute approximate surface area is 177 Å². The molecule has 1 aliphatic rings. The Morgan fingerprint density at radius 2 is 1.72 bits per heavy atom. The van der Waals surface area contributed by atoms with E-state index in [2.05, 4.69) is 10.00 Å². The van der Waals surface area contributed by atoms with E-state index in [4.69, 9.17) is 38.9 Å². The summed E-state index contributed by atoms with van der Waals surface area (Å²) in [6, 6.07) is 15.0. The van der Waals surface area contributed by atoms with Gasteiger partial charge >= 0.3 is 0 Å². The molecule has 8 heteroatoms. The maximum atomic E-state index is 6.53. The van der Waals surface area contributed by atoms with Crippen LogP contribution in [0.25, 0.3) is 28.0 Å². The van der Waals surface area contributed by atoms with Crippen molar-refractivity contribution < 1.29 is 0 Å². The van der Waals surface area contributed by atoms with Crippen LogP contribution in [-0.2, 0) is 0 Å². The van der Waals surface area contributed by atoms with Crippen LogP contribution in [0.3, 0.4) is 0 Å². The lowest BCUT2D eigenvalue weighted by atomic mass is 10.1. The fourth-order valence-corrected chi connectivity index (χ4v) is 4.12. The van der Waals surface area contributed by atoms with Crippen molar-refractivity contribution in [1.82, 2.24) is 19.7 Å². The summed E-state index contributed by atoms with van der Waals surface area (Å²) in [5, 5.41) is 6.56. The minimum Gasteiger partial charge on any atom is -0.383 e. The molecule has 29 heavy (non-hydrogen) atoms. The van der Waals surface area contributed by atoms with E-state index in [1.807, 2.05) is 48.5 Å². The van der Waals surface area contributed by atoms with E-state index in [9.17, 15) is 0 Å². The Morgan fingerprint density at radius 3 is 2.48 bits per heavy atom. The van der Waals surface area contributed by atoms with Crippen molar-refractivity contribution in [3.8, 4) is 16.9 Å². The van der Waals surface area contributed by atoms with Crippen LogP contribution in [-0.4, -0.2) is 32.8 Å². The Balaban J connectivity index is 1.79. The Bertz CT molecular complexity index is 1210. The number of hydrogen-bond donors (Lipinski definition) is 1. The molecule has 2 N–H and O–H groups in total. The van der Waals surface area contributed by atoms with Crippen LogP contribution in [0.1, 0.15) is 12.8 Å². The second-order valence-corrected chi connectivity index (χ2v) is 7.87. The molecule has 0 spiro atoms. The van der Waals surface area contributed by atoms with Crippen molar-refractivity contribution in [3.63, 3.8) is 0 Å². The number of halogens is 2. The van der Waals surface area contributed by atoms with Crippen LogP contribution in [0, 0.1) is 0 Å². The number of fused-ring (bicyclic) bond motifs is 1. The van der Waals surface area contributed by atoms with Crippen molar-refractivity contribution in [2.75, 3.05) is 23.7 Å². The van der Waals surface area contributed by atoms with Crippen molar-refractivity contribution in [3.05, 3.63) is 58.6 Å². The van der Waals surface area contributed by atoms with Gasteiger partial charge in [-0.2, -0.15) is 4.98 Å². The SMILES string of the molecule is Nc1c2c(-c3cccc(Cl)c3)nc(N3CCCC3)nc2nn1-c1ccccc1Cl. The molecule has 2 aromatic carbocycles. The lowest BCUT2D eigenvalue weighted by Crippen LogP contribution is -2.20. The average Bonchev–Trinajstić information content (AvgIpc) is 3.36. The Kier molecular flexibility index (Phi) is 4.53. The van der Waals surface area contributed by atoms with Crippen LogP contribution in [0.2, 0.25) is 10.0 Å². The van der Waals surface area contributed by atoms with Gasteiger partial charge in [-0.3, -0.25) is 0 Å². The number of nitrogens with zero attached hydrogens (tertiary/aromatic N) is 5. The van der Waals surface area contributed by atoms with Crippen LogP contribution >= 0.6 is 23.2 Å². The summed E-state index contributed by atoms with van der Waals surface area (Å²) in [7, 11) is 0. The molecular weight excluding hydrogens is 407 g/mol. The van der Waals surface area contributed by atoms with Gasteiger partial charge in [-0.25, -0.2) is 9.67 Å². The summed E-state index contributed by atoms with van der Waals surface area (Å²) >= 11 is 12.6. The highest BCUT2D eigenvalue weighted by Crippen LogP contribution is 2.35. The normalized spacial score (nSPS) is 14.1. The molecule has 0 amide bonds. The topological polar surface area (TPSA) is 72.9 Å². The van der Waals surface area contributed by atoms with Gasteiger partial charge in [0, 0.05) is 23.7 Å². The van der Waals surface area contributed by atoms with Gasteiger partial charge in [-0.1, -0.05) is 47.5 Å². The zero-order chi connectivity index (χ0) is 20.0. The number of aromatic nitrogens is 4. The van der Waals surface area contributed by atoms with Gasteiger partial charge in [0.2, 0.25) is 5.95 Å². The number of rotatable bonds is 3. The fourth-order valence-electron chi connectivity index (χ4n) is 3.71. The van der Waals surface area contributed by atoms with Crippen LogP contribution in [0.4, 0.5) is 11.8 Å². The monoisotopic (exact) mass is 424 g/mol. The summed E-state index contributed by atoms with van der Waals surface area (Å²) < 4.78 is 1.63.